The first-order valence-corrected chi connectivity index (χ1v) is 6.76. The van der Waals surface area contributed by atoms with Gasteiger partial charge in [0, 0.05) is 26.2 Å². The molecule has 0 bridgehead atoms. The smallest absolute Gasteiger partial charge is 0.353 e. The number of nitrogens with one attached hydrogen (secondary N) is 1. The second-order valence-corrected chi connectivity index (χ2v) is 4.79. The van der Waals surface area contributed by atoms with Gasteiger partial charge in [0.25, 0.3) is 0 Å². The molecule has 1 fully saturated rings. The number of aliphatic hydroxyl groups excluding tert-OH is 1. The van der Waals surface area contributed by atoms with Crippen molar-refractivity contribution in [2.75, 3.05) is 36.5 Å². The van der Waals surface area contributed by atoms with Crippen molar-refractivity contribution in [3.63, 3.8) is 0 Å². The van der Waals surface area contributed by atoms with Crippen molar-refractivity contribution in [1.82, 2.24) is 9.97 Å². The molecule has 0 aromatic carbocycles. The normalized spacial score (nSPS) is 16.2. The van der Waals surface area contributed by atoms with E-state index in [1.54, 1.807) is 0 Å². The van der Waals surface area contributed by atoms with Gasteiger partial charge < -0.3 is 15.3 Å². The van der Waals surface area contributed by atoms with Crippen molar-refractivity contribution in [2.24, 2.45) is 5.92 Å². The van der Waals surface area contributed by atoms with Crippen LogP contribution in [0, 0.1) is 16.0 Å². The van der Waals surface area contributed by atoms with Crippen LogP contribution in [0.3, 0.4) is 0 Å². The highest BCUT2D eigenvalue weighted by Crippen LogP contribution is 2.33. The minimum Gasteiger partial charge on any atom is -0.396 e. The summed E-state index contributed by atoms with van der Waals surface area (Å²) in [6.45, 7) is 3.91. The van der Waals surface area contributed by atoms with Gasteiger partial charge in [0.2, 0.25) is 11.6 Å². The number of anilines is 2. The van der Waals surface area contributed by atoms with Crippen LogP contribution in [0.2, 0.25) is 0 Å². The largest absolute Gasteiger partial charge is 0.396 e. The summed E-state index contributed by atoms with van der Waals surface area (Å²) in [5, 5.41) is 23.3. The first-order valence-electron chi connectivity index (χ1n) is 6.76. The van der Waals surface area contributed by atoms with E-state index < -0.39 is 4.92 Å². The number of rotatable bonds is 5. The van der Waals surface area contributed by atoms with Gasteiger partial charge in [-0.15, -0.1) is 0 Å². The van der Waals surface area contributed by atoms with E-state index in [1.807, 2.05) is 11.8 Å². The van der Waals surface area contributed by atoms with Crippen LogP contribution in [0.25, 0.3) is 0 Å². The third kappa shape index (κ3) is 2.96. The van der Waals surface area contributed by atoms with Gasteiger partial charge in [0.05, 0.1) is 4.92 Å². The lowest BCUT2D eigenvalue weighted by Crippen LogP contribution is -2.35. The average molecular weight is 281 g/mol. The third-order valence-corrected chi connectivity index (χ3v) is 3.50. The quantitative estimate of drug-likeness (QED) is 0.613. The molecule has 0 radical (unpaired) electrons. The molecule has 0 amide bonds. The fraction of sp³-hybridized carbons (Fsp3) is 0.667. The maximum absolute atomic E-state index is 11.3. The number of hydrogen-bond acceptors (Lipinski definition) is 7. The Hall–Kier alpha value is -1.96. The van der Waals surface area contributed by atoms with Crippen molar-refractivity contribution in [1.29, 1.82) is 0 Å². The van der Waals surface area contributed by atoms with Crippen LogP contribution in [0.1, 0.15) is 19.8 Å². The van der Waals surface area contributed by atoms with Crippen LogP contribution < -0.4 is 10.2 Å². The number of hydrogen-bond donors (Lipinski definition) is 2. The van der Waals surface area contributed by atoms with Crippen molar-refractivity contribution < 1.29 is 10.0 Å². The van der Waals surface area contributed by atoms with E-state index in [2.05, 4.69) is 15.3 Å². The van der Waals surface area contributed by atoms with Gasteiger partial charge in [0.1, 0.15) is 6.33 Å². The van der Waals surface area contributed by atoms with E-state index in [4.69, 9.17) is 5.11 Å². The Morgan fingerprint density at radius 3 is 2.75 bits per heavy atom. The minimum atomic E-state index is -0.439. The SMILES string of the molecule is CCNc1ncnc(N2CCC(CO)CC2)c1[N+](=O)[O-]. The molecule has 1 aliphatic rings. The summed E-state index contributed by atoms with van der Waals surface area (Å²) < 4.78 is 0. The molecule has 20 heavy (non-hydrogen) atoms. The number of nitro groups is 1. The summed E-state index contributed by atoms with van der Waals surface area (Å²) in [7, 11) is 0. The summed E-state index contributed by atoms with van der Waals surface area (Å²) in [5.74, 6) is 0.893. The highest BCUT2D eigenvalue weighted by atomic mass is 16.6. The molecule has 0 atom stereocenters. The summed E-state index contributed by atoms with van der Waals surface area (Å²) >= 11 is 0. The topological polar surface area (TPSA) is 104 Å². The lowest BCUT2D eigenvalue weighted by molar-refractivity contribution is -0.383. The van der Waals surface area contributed by atoms with Crippen LogP contribution >= 0.6 is 0 Å². The van der Waals surface area contributed by atoms with E-state index in [0.717, 1.165) is 12.8 Å². The van der Waals surface area contributed by atoms with Crippen LogP contribution in [0.15, 0.2) is 6.33 Å². The number of aliphatic hydroxyl groups is 1. The van der Waals surface area contributed by atoms with Gasteiger partial charge in [-0.05, 0) is 25.7 Å². The number of piperidine rings is 1. The molecule has 2 rings (SSSR count). The first kappa shape index (κ1) is 14.4. The predicted octanol–water partition coefficient (Wildman–Crippen LogP) is 1.03. The summed E-state index contributed by atoms with van der Waals surface area (Å²) in [6.07, 6.45) is 2.97. The fourth-order valence-electron chi connectivity index (χ4n) is 2.39. The molecular weight excluding hydrogens is 262 g/mol. The van der Waals surface area contributed by atoms with E-state index in [-0.39, 0.29) is 24.0 Å². The molecule has 0 unspecified atom stereocenters. The van der Waals surface area contributed by atoms with Crippen LogP contribution in [-0.2, 0) is 0 Å². The molecule has 1 aromatic heterocycles. The van der Waals surface area contributed by atoms with Gasteiger partial charge >= 0.3 is 5.69 Å². The maximum Gasteiger partial charge on any atom is 0.353 e. The number of nitrogens with zero attached hydrogens (tertiary/aromatic N) is 4. The first-order chi connectivity index (χ1) is 9.67. The standard InChI is InChI=1S/C12H19N5O3/c1-2-13-11-10(17(19)20)12(15-8-14-11)16-5-3-9(7-18)4-6-16/h8-9,18H,2-7H2,1H3,(H,13,14,15). The van der Waals surface area contributed by atoms with Gasteiger partial charge in [-0.2, -0.15) is 0 Å². The van der Waals surface area contributed by atoms with Gasteiger partial charge in [-0.1, -0.05) is 0 Å². The molecule has 8 heteroatoms. The summed E-state index contributed by atoms with van der Waals surface area (Å²) in [4.78, 5) is 20.8. The second-order valence-electron chi connectivity index (χ2n) is 4.79. The maximum atomic E-state index is 11.3. The predicted molar refractivity (Wildman–Crippen MR) is 74.9 cm³/mol. The highest BCUT2D eigenvalue weighted by molar-refractivity contribution is 5.70. The molecule has 110 valence electrons. The molecule has 8 nitrogen and oxygen atoms in total. The Balaban J connectivity index is 2.27. The molecule has 1 aromatic rings. The molecule has 2 heterocycles. The fourth-order valence-corrected chi connectivity index (χ4v) is 2.39. The van der Waals surface area contributed by atoms with Crippen molar-refractivity contribution in [2.45, 2.75) is 19.8 Å². The van der Waals surface area contributed by atoms with Gasteiger partial charge in [-0.3, -0.25) is 10.1 Å². The van der Waals surface area contributed by atoms with Crippen LogP contribution in [-0.4, -0.2) is 46.2 Å². The molecular formula is C12H19N5O3. The molecule has 2 N–H and O–H groups in total. The van der Waals surface area contributed by atoms with E-state index in [0.29, 0.717) is 25.5 Å². The zero-order chi connectivity index (χ0) is 14.5. The monoisotopic (exact) mass is 281 g/mol. The Morgan fingerprint density at radius 2 is 2.20 bits per heavy atom. The zero-order valence-corrected chi connectivity index (χ0v) is 11.4. The lowest BCUT2D eigenvalue weighted by Gasteiger charge is -2.31. The van der Waals surface area contributed by atoms with Crippen molar-refractivity contribution in [3.8, 4) is 0 Å². The lowest BCUT2D eigenvalue weighted by atomic mass is 9.98. The summed E-state index contributed by atoms with van der Waals surface area (Å²) in [6, 6.07) is 0. The van der Waals surface area contributed by atoms with E-state index in [9.17, 15) is 10.1 Å². The number of aromatic nitrogens is 2. The Kier molecular flexibility index (Phi) is 4.67. The Labute approximate surface area is 117 Å². The minimum absolute atomic E-state index is 0.0724. The van der Waals surface area contributed by atoms with Crippen LogP contribution in [0.5, 0.6) is 0 Å². The molecule has 1 saturated heterocycles. The van der Waals surface area contributed by atoms with E-state index >= 15 is 0 Å². The second kappa shape index (κ2) is 6.47. The molecule has 0 saturated carbocycles. The van der Waals surface area contributed by atoms with Crippen LogP contribution in [0.4, 0.5) is 17.3 Å². The van der Waals surface area contributed by atoms with E-state index in [1.165, 1.54) is 6.33 Å². The van der Waals surface area contributed by atoms with Gasteiger partial charge in [-0.25, -0.2) is 9.97 Å². The Bertz CT molecular complexity index is 474. The Morgan fingerprint density at radius 1 is 1.50 bits per heavy atom. The highest BCUT2D eigenvalue weighted by Gasteiger charge is 2.29. The van der Waals surface area contributed by atoms with Crippen molar-refractivity contribution in [3.05, 3.63) is 16.4 Å². The third-order valence-electron chi connectivity index (χ3n) is 3.50. The summed E-state index contributed by atoms with van der Waals surface area (Å²) in [5.41, 5.74) is -0.0724. The molecule has 0 aliphatic carbocycles. The average Bonchev–Trinajstić information content (AvgIpc) is 2.47. The van der Waals surface area contributed by atoms with Gasteiger partial charge in [0.15, 0.2) is 0 Å². The van der Waals surface area contributed by atoms with Crippen molar-refractivity contribution >= 4 is 17.3 Å². The molecule has 1 aliphatic heterocycles. The molecule has 0 spiro atoms. The zero-order valence-electron chi connectivity index (χ0n) is 11.4.